The molecule has 1 aliphatic rings. The molecule has 2 amide bonds. The number of nitrogens with one attached hydrogen (secondary N) is 2. The minimum absolute atomic E-state index is 0.0802. The van der Waals surface area contributed by atoms with E-state index in [4.69, 9.17) is 4.98 Å². The number of urea groups is 1. The molecular formula is C31H32F3N5O. The third-order valence-electron chi connectivity index (χ3n) is 7.36. The molecule has 2 heterocycles. The Balaban J connectivity index is 1.32. The summed E-state index contributed by atoms with van der Waals surface area (Å²) >= 11 is 0. The minimum atomic E-state index is -4.39. The van der Waals surface area contributed by atoms with E-state index in [0.29, 0.717) is 24.5 Å². The average molecular weight is 548 g/mol. The van der Waals surface area contributed by atoms with Crippen molar-refractivity contribution in [3.63, 3.8) is 0 Å². The summed E-state index contributed by atoms with van der Waals surface area (Å²) in [5, 5.41) is 2.79. The highest BCUT2D eigenvalue weighted by Gasteiger charge is 2.31. The van der Waals surface area contributed by atoms with Crippen LogP contribution in [0, 0.1) is 0 Å². The van der Waals surface area contributed by atoms with Crippen LogP contribution in [0.2, 0.25) is 0 Å². The first-order chi connectivity index (χ1) is 19.3. The quantitative estimate of drug-likeness (QED) is 0.275. The lowest BCUT2D eigenvalue weighted by atomic mass is 10.0. The van der Waals surface area contributed by atoms with Crippen molar-refractivity contribution in [2.75, 3.05) is 20.1 Å². The van der Waals surface area contributed by atoms with Gasteiger partial charge in [0, 0.05) is 50.4 Å². The van der Waals surface area contributed by atoms with Gasteiger partial charge in [0.15, 0.2) is 0 Å². The molecule has 0 atom stereocenters. The second-order valence-corrected chi connectivity index (χ2v) is 10.0. The molecule has 5 rings (SSSR count). The molecular weight excluding hydrogens is 515 g/mol. The summed E-state index contributed by atoms with van der Waals surface area (Å²) in [6.45, 7) is 2.77. The number of piperidine rings is 1. The fraction of sp³-hybridized carbons (Fsp3) is 0.290. The van der Waals surface area contributed by atoms with Crippen molar-refractivity contribution in [1.82, 2.24) is 25.1 Å². The molecule has 9 heteroatoms. The standard InChI is InChI=1S/C31H32F3N5O/c1-35-30(40)39(20-22-8-4-2-5-9-22)26-16-18-38(19-17-26)21-27-28(23-10-6-3-7-11-23)37-29(36-27)24-12-14-25(15-13-24)31(32,33)34/h2-15,26H,16-21H2,1H3,(H,35,40)(H,36,37). The highest BCUT2D eigenvalue weighted by molar-refractivity contribution is 5.74. The number of alkyl halides is 3. The van der Waals surface area contributed by atoms with Gasteiger partial charge < -0.3 is 15.2 Å². The minimum Gasteiger partial charge on any atom is -0.341 e. The van der Waals surface area contributed by atoms with E-state index in [1.165, 1.54) is 12.1 Å². The van der Waals surface area contributed by atoms with Crippen molar-refractivity contribution in [1.29, 1.82) is 0 Å². The number of halogens is 3. The summed E-state index contributed by atoms with van der Waals surface area (Å²) in [6.07, 6.45) is -2.72. The first kappa shape index (κ1) is 27.5. The Kier molecular flexibility index (Phi) is 8.21. The zero-order chi connectivity index (χ0) is 28.1. The molecule has 0 radical (unpaired) electrons. The number of nitrogens with zero attached hydrogens (tertiary/aromatic N) is 3. The summed E-state index contributed by atoms with van der Waals surface area (Å²) < 4.78 is 39.2. The smallest absolute Gasteiger partial charge is 0.341 e. The largest absolute Gasteiger partial charge is 0.416 e. The molecule has 0 bridgehead atoms. The van der Waals surface area contributed by atoms with E-state index in [1.54, 1.807) is 7.05 Å². The van der Waals surface area contributed by atoms with Crippen molar-refractivity contribution < 1.29 is 18.0 Å². The fourth-order valence-electron chi connectivity index (χ4n) is 5.22. The van der Waals surface area contributed by atoms with Gasteiger partial charge in [-0.25, -0.2) is 9.78 Å². The van der Waals surface area contributed by atoms with Gasteiger partial charge in [-0.2, -0.15) is 13.2 Å². The zero-order valence-corrected chi connectivity index (χ0v) is 22.3. The van der Waals surface area contributed by atoms with E-state index >= 15 is 0 Å². The van der Waals surface area contributed by atoms with E-state index in [9.17, 15) is 18.0 Å². The number of carbonyl (C=O) groups excluding carboxylic acids is 1. The second kappa shape index (κ2) is 12.0. The predicted octanol–water partition coefficient (Wildman–Crippen LogP) is 6.57. The van der Waals surface area contributed by atoms with Crippen LogP contribution in [0.25, 0.3) is 22.6 Å². The summed E-state index contributed by atoms with van der Waals surface area (Å²) in [4.78, 5) is 25.2. The van der Waals surface area contributed by atoms with Gasteiger partial charge in [0.2, 0.25) is 0 Å². The van der Waals surface area contributed by atoms with Crippen LogP contribution in [-0.2, 0) is 19.3 Å². The summed E-state index contributed by atoms with van der Waals surface area (Å²) in [7, 11) is 1.66. The summed E-state index contributed by atoms with van der Waals surface area (Å²) in [6, 6.07) is 24.9. The van der Waals surface area contributed by atoms with Gasteiger partial charge in [-0.05, 0) is 30.5 Å². The van der Waals surface area contributed by atoms with Crippen molar-refractivity contribution >= 4 is 6.03 Å². The Hall–Kier alpha value is -4.11. The van der Waals surface area contributed by atoms with E-state index in [-0.39, 0.29) is 12.1 Å². The van der Waals surface area contributed by atoms with Crippen LogP contribution in [-0.4, -0.2) is 52.0 Å². The van der Waals surface area contributed by atoms with Crippen LogP contribution in [0.3, 0.4) is 0 Å². The fourth-order valence-corrected chi connectivity index (χ4v) is 5.22. The monoisotopic (exact) mass is 547 g/mol. The molecule has 1 aliphatic heterocycles. The SMILES string of the molecule is CNC(=O)N(Cc1ccccc1)C1CCN(Cc2[nH]c(-c3ccc(C(F)(F)F)cc3)nc2-c2ccccc2)CC1. The Morgan fingerprint density at radius 1 is 0.950 bits per heavy atom. The Bertz CT molecular complexity index is 1400. The van der Waals surface area contributed by atoms with Crippen LogP contribution in [0.1, 0.15) is 29.7 Å². The number of hydrogen-bond acceptors (Lipinski definition) is 3. The number of carbonyl (C=O) groups is 1. The third-order valence-corrected chi connectivity index (χ3v) is 7.36. The molecule has 0 aliphatic carbocycles. The van der Waals surface area contributed by atoms with Gasteiger partial charge in [-0.3, -0.25) is 4.90 Å². The number of hydrogen-bond donors (Lipinski definition) is 2. The van der Waals surface area contributed by atoms with Crippen LogP contribution in [0.4, 0.5) is 18.0 Å². The molecule has 1 aromatic heterocycles. The van der Waals surface area contributed by atoms with Gasteiger partial charge in [0.1, 0.15) is 5.82 Å². The molecule has 4 aromatic rings. The van der Waals surface area contributed by atoms with Crippen molar-refractivity contribution in [2.45, 2.75) is 38.1 Å². The maximum atomic E-state index is 13.1. The number of aromatic nitrogens is 2. The van der Waals surface area contributed by atoms with Crippen molar-refractivity contribution in [2.24, 2.45) is 0 Å². The molecule has 1 fully saturated rings. The highest BCUT2D eigenvalue weighted by Crippen LogP contribution is 2.32. The van der Waals surface area contributed by atoms with Crippen molar-refractivity contribution in [3.05, 3.63) is 102 Å². The van der Waals surface area contributed by atoms with Gasteiger partial charge in [0.25, 0.3) is 0 Å². The topological polar surface area (TPSA) is 64.3 Å². The van der Waals surface area contributed by atoms with Crippen molar-refractivity contribution in [3.8, 4) is 22.6 Å². The Morgan fingerprint density at radius 3 is 2.17 bits per heavy atom. The molecule has 0 saturated carbocycles. The second-order valence-electron chi connectivity index (χ2n) is 10.0. The maximum absolute atomic E-state index is 13.1. The lowest BCUT2D eigenvalue weighted by Crippen LogP contribution is -2.49. The van der Waals surface area contributed by atoms with Crippen LogP contribution in [0.15, 0.2) is 84.9 Å². The first-order valence-electron chi connectivity index (χ1n) is 13.4. The van der Waals surface area contributed by atoms with Crippen LogP contribution >= 0.6 is 0 Å². The number of likely N-dealkylation sites (tertiary alicyclic amines) is 1. The molecule has 0 unspecified atom stereocenters. The molecule has 40 heavy (non-hydrogen) atoms. The molecule has 6 nitrogen and oxygen atoms in total. The van der Waals surface area contributed by atoms with Gasteiger partial charge in [0.05, 0.1) is 17.0 Å². The van der Waals surface area contributed by atoms with E-state index in [2.05, 4.69) is 15.2 Å². The number of amides is 2. The number of aromatic amines is 1. The Morgan fingerprint density at radius 2 is 1.57 bits per heavy atom. The maximum Gasteiger partial charge on any atom is 0.416 e. The van der Waals surface area contributed by atoms with Crippen LogP contribution in [0.5, 0.6) is 0 Å². The molecule has 0 spiro atoms. The first-order valence-corrected chi connectivity index (χ1v) is 13.4. The molecule has 2 N–H and O–H groups in total. The molecule has 1 saturated heterocycles. The van der Waals surface area contributed by atoms with Gasteiger partial charge in [-0.1, -0.05) is 72.8 Å². The Labute approximate surface area is 231 Å². The lowest BCUT2D eigenvalue weighted by molar-refractivity contribution is -0.137. The van der Waals surface area contributed by atoms with Gasteiger partial charge >= 0.3 is 12.2 Å². The highest BCUT2D eigenvalue weighted by atomic mass is 19.4. The lowest BCUT2D eigenvalue weighted by Gasteiger charge is -2.38. The van der Waals surface area contributed by atoms with E-state index < -0.39 is 11.7 Å². The van der Waals surface area contributed by atoms with Gasteiger partial charge in [-0.15, -0.1) is 0 Å². The van der Waals surface area contributed by atoms with Crippen LogP contribution < -0.4 is 5.32 Å². The third kappa shape index (κ3) is 6.37. The normalized spacial score (nSPS) is 14.7. The average Bonchev–Trinajstić information content (AvgIpc) is 3.40. The summed E-state index contributed by atoms with van der Waals surface area (Å²) in [5.74, 6) is 0.533. The van der Waals surface area contributed by atoms with E-state index in [0.717, 1.165) is 60.6 Å². The number of benzene rings is 3. The summed E-state index contributed by atoms with van der Waals surface area (Å²) in [5.41, 5.74) is 3.63. The number of imidazole rings is 1. The molecule has 3 aromatic carbocycles. The number of H-pyrrole nitrogens is 1. The van der Waals surface area contributed by atoms with E-state index in [1.807, 2.05) is 65.6 Å². The zero-order valence-electron chi connectivity index (χ0n) is 22.3. The predicted molar refractivity (Wildman–Crippen MR) is 149 cm³/mol. The molecule has 208 valence electrons. The number of rotatable bonds is 7.